The molecule has 8 N–H and O–H groups in total. The van der Waals surface area contributed by atoms with E-state index in [0.29, 0.717) is 23.8 Å². The van der Waals surface area contributed by atoms with Gasteiger partial charge in [0.15, 0.2) is 22.8 Å². The predicted molar refractivity (Wildman–Crippen MR) is 212 cm³/mol. The number of phosphoric ester groups is 3. The van der Waals surface area contributed by atoms with Gasteiger partial charge in [-0.3, -0.25) is 28.1 Å². The number of aliphatic hydroxyl groups excluding tert-OH is 2. The number of hydrogen-bond acceptors (Lipinski definition) is 24. The van der Waals surface area contributed by atoms with E-state index in [1.807, 2.05) is 11.8 Å². The molecule has 3 saturated heterocycles. The van der Waals surface area contributed by atoms with Crippen molar-refractivity contribution < 1.29 is 85.3 Å². The Morgan fingerprint density at radius 1 is 1.08 bits per heavy atom. The van der Waals surface area contributed by atoms with Crippen LogP contribution < -0.4 is 46.6 Å². The number of aliphatic hydroxyl groups is 2. The van der Waals surface area contributed by atoms with Gasteiger partial charge < -0.3 is 79.7 Å². The van der Waals surface area contributed by atoms with Crippen molar-refractivity contribution in [2.24, 2.45) is 5.41 Å². The number of unbranched alkanes of at least 4 members (excludes halogenated alkanes) is 1. The van der Waals surface area contributed by atoms with Crippen LogP contribution in [0.5, 0.6) is 0 Å². The minimum atomic E-state index is -5.93. The van der Waals surface area contributed by atoms with Crippen LogP contribution >= 0.6 is 47.0 Å². The number of carbonyl (C=O) groups is 4. The Kier molecular flexibility index (Phi) is 17.6. The molecule has 63 heavy (non-hydrogen) atoms. The van der Waals surface area contributed by atoms with Gasteiger partial charge in [0.1, 0.15) is 36.3 Å². The Morgan fingerprint density at radius 2 is 1.81 bits per heavy atom. The number of hydrogen-bond donors (Lipinski definition) is 7. The molecule has 32 heteroatoms. The summed E-state index contributed by atoms with van der Waals surface area (Å²) in [6, 6.07) is 0.115. The molecule has 0 aromatic carbocycles. The third-order valence-electron chi connectivity index (χ3n) is 9.80. The molecule has 2 aromatic heterocycles. The smallest absolute Gasteiger partial charge is 0.315 e. The highest BCUT2D eigenvalue weighted by molar-refractivity contribution is 8.13. The van der Waals surface area contributed by atoms with Crippen molar-refractivity contribution in [3.8, 4) is 0 Å². The summed E-state index contributed by atoms with van der Waals surface area (Å²) in [6.45, 7) is 0.0558. The fourth-order valence-corrected chi connectivity index (χ4v) is 11.6. The molecule has 27 nitrogen and oxygen atoms in total. The van der Waals surface area contributed by atoms with Crippen LogP contribution in [0.3, 0.4) is 0 Å². The van der Waals surface area contributed by atoms with Gasteiger partial charge in [0.05, 0.1) is 39.4 Å². The number of aromatic nitrogens is 4. The van der Waals surface area contributed by atoms with Gasteiger partial charge in [-0.05, 0) is 12.8 Å². The number of nitrogen functional groups attached to an aromatic ring is 1. The lowest BCUT2D eigenvalue weighted by Gasteiger charge is -2.36. The molecule has 3 aliphatic heterocycles. The lowest BCUT2D eigenvalue weighted by atomic mass is 9.87. The van der Waals surface area contributed by atoms with E-state index in [2.05, 4.69) is 54.1 Å². The molecule has 5 heterocycles. The van der Waals surface area contributed by atoms with E-state index in [1.165, 1.54) is 13.8 Å². The maximum Gasteiger partial charge on any atom is 0.315 e. The van der Waals surface area contributed by atoms with E-state index < -0.39 is 84.6 Å². The van der Waals surface area contributed by atoms with Gasteiger partial charge in [-0.25, -0.2) is 24.1 Å². The molecular formula is C31H46N9O18P3S2-4. The first kappa shape index (κ1) is 51.2. The Morgan fingerprint density at radius 3 is 2.54 bits per heavy atom. The molecule has 0 saturated carbocycles. The molecule has 3 fully saturated rings. The van der Waals surface area contributed by atoms with Crippen LogP contribution in [0.25, 0.3) is 11.2 Å². The first-order valence-electron chi connectivity index (χ1n) is 19.1. The van der Waals surface area contributed by atoms with Crippen LogP contribution in [0.15, 0.2) is 12.7 Å². The maximum atomic E-state index is 12.6. The number of imidazole rings is 1. The van der Waals surface area contributed by atoms with Crippen molar-refractivity contribution >= 4 is 86.9 Å². The number of amides is 4. The summed E-state index contributed by atoms with van der Waals surface area (Å²) in [7, 11) is -17.6. The summed E-state index contributed by atoms with van der Waals surface area (Å²) in [5.41, 5.74) is 4.06. The van der Waals surface area contributed by atoms with E-state index in [0.717, 1.165) is 47.6 Å². The minimum Gasteiger partial charge on any atom is -0.790 e. The molecule has 3 aliphatic rings. The van der Waals surface area contributed by atoms with Gasteiger partial charge >= 0.3 is 6.03 Å². The number of ether oxygens (including phenoxy) is 1. The molecule has 354 valence electrons. The van der Waals surface area contributed by atoms with Crippen molar-refractivity contribution in [3.05, 3.63) is 12.7 Å². The Balaban J connectivity index is 0.979. The second kappa shape index (κ2) is 21.7. The first-order valence-corrected chi connectivity index (χ1v) is 25.5. The highest BCUT2D eigenvalue weighted by atomic mass is 32.2. The quantitative estimate of drug-likeness (QED) is 0.0310. The number of thioether (sulfide) groups is 2. The molecule has 10 atom stereocenters. The van der Waals surface area contributed by atoms with Crippen LogP contribution in [-0.4, -0.2) is 132 Å². The second-order valence-corrected chi connectivity index (χ2v) is 21.6. The molecule has 2 unspecified atom stereocenters. The van der Waals surface area contributed by atoms with E-state index in [4.69, 9.17) is 10.5 Å². The largest absolute Gasteiger partial charge is 0.790 e. The van der Waals surface area contributed by atoms with Crippen molar-refractivity contribution in [1.29, 1.82) is 0 Å². The summed E-state index contributed by atoms with van der Waals surface area (Å²) in [5, 5.41) is 32.5. The third-order valence-corrected chi connectivity index (χ3v) is 15.3. The fourth-order valence-electron chi connectivity index (χ4n) is 6.60. The number of nitrogens with zero attached hydrogens (tertiary/aromatic N) is 4. The molecule has 4 amide bonds. The number of urea groups is 1. The zero-order valence-corrected chi connectivity index (χ0v) is 37.8. The summed E-state index contributed by atoms with van der Waals surface area (Å²) in [6.07, 6.45) is -4.83. The Bertz CT molecular complexity index is 2120. The van der Waals surface area contributed by atoms with Crippen LogP contribution in [-0.2, 0) is 50.7 Å². The zero-order chi connectivity index (χ0) is 46.3. The third kappa shape index (κ3) is 14.6. The Labute approximate surface area is 367 Å². The van der Waals surface area contributed by atoms with Crippen LogP contribution in [0, 0.1) is 5.41 Å². The van der Waals surface area contributed by atoms with E-state index in [1.54, 1.807) is 0 Å². The number of rotatable bonds is 24. The fraction of sp³-hybridized carbons (Fsp3) is 0.710. The van der Waals surface area contributed by atoms with Crippen LogP contribution in [0.1, 0.15) is 52.2 Å². The van der Waals surface area contributed by atoms with E-state index in [-0.39, 0.29) is 59.7 Å². The topological polar surface area (TPSA) is 416 Å². The van der Waals surface area contributed by atoms with Gasteiger partial charge in [0.2, 0.25) is 11.8 Å². The average molecular weight is 990 g/mol. The van der Waals surface area contributed by atoms with Crippen molar-refractivity contribution in [3.63, 3.8) is 0 Å². The van der Waals surface area contributed by atoms with Crippen LogP contribution in [0.4, 0.5) is 10.6 Å². The average Bonchev–Trinajstić information content (AvgIpc) is 3.96. The van der Waals surface area contributed by atoms with Gasteiger partial charge in [-0.2, -0.15) is 11.8 Å². The SMILES string of the molecule is CC(C)(COP(=O)([O-])OP(=O)([O-])OC[C@H]1O[C@@H](n2cnc3c(N)ncnc32)[C@H](O)[C@@H]1OP(=O)([O-])[O-])[C@@H](O)C(=O)NCCC(=O)NCCSC(=O)CCCC[C@H]1SC[C@H]2NC(=O)N[C@H]21. The van der Waals surface area contributed by atoms with Crippen molar-refractivity contribution in [1.82, 2.24) is 40.8 Å². The van der Waals surface area contributed by atoms with Gasteiger partial charge in [0.25, 0.3) is 15.6 Å². The van der Waals surface area contributed by atoms with E-state index >= 15 is 0 Å². The number of nitrogens with two attached hydrogens (primary N) is 1. The lowest BCUT2D eigenvalue weighted by Crippen LogP contribution is -2.46. The van der Waals surface area contributed by atoms with Crippen molar-refractivity contribution in [2.45, 2.75) is 93.9 Å². The Hall–Kier alpha value is -2.82. The van der Waals surface area contributed by atoms with Gasteiger partial charge in [-0.1, -0.05) is 32.0 Å². The standard InChI is InChI=1S/C31H50N9O18P3S2/c1-31(2,25(44)28(45)34-8-7-19(41)33-9-10-62-20(42)6-4-3-5-18-21-16(12-63-18)38-30(46)39-21)13-55-61(52,53)58-60(50,51)54-11-17-24(57-59(47,48)49)23(43)29(56-17)40-15-37-22-26(32)35-14-36-27(22)40/h14-18,21,23-25,29,43-44H,3-13H2,1-2H3,(H,33,41)(H,34,45)(H,50,51)(H,52,53)(H2,32,35,36)(H2,38,39,46)(H2,47,48,49)/p-4/t16-,17-,18-,21-,23-,24-,25+,29-/m1/s1. The number of carbonyl (C=O) groups excluding carboxylic acids is 4. The lowest BCUT2D eigenvalue weighted by molar-refractivity contribution is -0.347. The van der Waals surface area contributed by atoms with E-state index in [9.17, 15) is 62.7 Å². The number of nitrogens with one attached hydrogen (secondary N) is 4. The molecule has 0 spiro atoms. The molecule has 0 aliphatic carbocycles. The monoisotopic (exact) mass is 989 g/mol. The number of phosphoric acid groups is 3. The maximum absolute atomic E-state index is 12.6. The highest BCUT2D eigenvalue weighted by Gasteiger charge is 2.48. The summed E-state index contributed by atoms with van der Waals surface area (Å²) >= 11 is 2.89. The highest BCUT2D eigenvalue weighted by Crippen LogP contribution is 2.56. The van der Waals surface area contributed by atoms with Crippen LogP contribution in [0.2, 0.25) is 0 Å². The summed E-state index contributed by atoms with van der Waals surface area (Å²) in [5.74, 6) is -0.376. The predicted octanol–water partition coefficient (Wildman–Crippen LogP) is -3.14. The van der Waals surface area contributed by atoms with Crippen molar-refractivity contribution in [2.75, 3.05) is 43.5 Å². The molecular weight excluding hydrogens is 943 g/mol. The second-order valence-electron chi connectivity index (χ2n) is 15.1. The molecule has 0 bridgehead atoms. The summed E-state index contributed by atoms with van der Waals surface area (Å²) < 4.78 is 60.7. The normalized spacial score (nSPS) is 26.0. The first-order chi connectivity index (χ1) is 29.4. The molecule has 0 radical (unpaired) electrons. The summed E-state index contributed by atoms with van der Waals surface area (Å²) in [4.78, 5) is 108. The molecule has 5 rings (SSSR count). The molecule has 2 aromatic rings. The minimum absolute atomic E-state index is 0.0161. The number of fused-ring (bicyclic) bond motifs is 2. The zero-order valence-electron chi connectivity index (χ0n) is 33.5. The number of anilines is 1. The van der Waals surface area contributed by atoms with Gasteiger partial charge in [-0.15, -0.1) is 0 Å². The van der Waals surface area contributed by atoms with Gasteiger partial charge in [0, 0.05) is 48.1 Å².